The number of hydrogen-bond acceptors (Lipinski definition) is 2. The molecule has 2 aliphatic rings. The van der Waals surface area contributed by atoms with Gasteiger partial charge in [0.25, 0.3) is 0 Å². The van der Waals surface area contributed by atoms with Crippen LogP contribution in [0.15, 0.2) is 0 Å². The van der Waals surface area contributed by atoms with Crippen LogP contribution < -0.4 is 10.6 Å². The third-order valence-corrected chi connectivity index (χ3v) is 5.11. The Bertz CT molecular complexity index is 308. The lowest BCUT2D eigenvalue weighted by atomic mass is 9.77. The van der Waals surface area contributed by atoms with E-state index >= 15 is 0 Å². The Balaban J connectivity index is 1.96. The van der Waals surface area contributed by atoms with Crippen LogP contribution in [0.4, 0.5) is 0 Å². The molecule has 2 N–H and O–H groups in total. The van der Waals surface area contributed by atoms with E-state index in [0.717, 1.165) is 25.8 Å². The molecule has 2 fully saturated rings. The lowest BCUT2D eigenvalue weighted by molar-refractivity contribution is -0.129. The van der Waals surface area contributed by atoms with Crippen LogP contribution >= 0.6 is 0 Å². The number of amides is 1. The molecular formula is C16H30N2O. The fourth-order valence-electron chi connectivity index (χ4n) is 3.71. The van der Waals surface area contributed by atoms with Crippen LogP contribution in [-0.4, -0.2) is 24.0 Å². The Morgan fingerprint density at radius 1 is 1.21 bits per heavy atom. The van der Waals surface area contributed by atoms with Crippen LogP contribution in [0.3, 0.4) is 0 Å². The van der Waals surface area contributed by atoms with Gasteiger partial charge in [0.05, 0.1) is 5.54 Å². The Morgan fingerprint density at radius 2 is 1.95 bits per heavy atom. The zero-order valence-corrected chi connectivity index (χ0v) is 12.8. The molecule has 1 saturated carbocycles. The van der Waals surface area contributed by atoms with Crippen LogP contribution in [0.2, 0.25) is 0 Å². The summed E-state index contributed by atoms with van der Waals surface area (Å²) in [5.41, 5.74) is -0.336. The van der Waals surface area contributed by atoms with Gasteiger partial charge in [-0.1, -0.05) is 26.7 Å². The van der Waals surface area contributed by atoms with E-state index in [1.165, 1.54) is 25.7 Å². The molecule has 3 nitrogen and oxygen atoms in total. The molecule has 1 amide bonds. The minimum Gasteiger partial charge on any atom is -0.351 e. The molecule has 0 bridgehead atoms. The molecule has 1 heterocycles. The third-order valence-electron chi connectivity index (χ3n) is 5.11. The Kier molecular flexibility index (Phi) is 4.88. The lowest BCUT2D eigenvalue weighted by Gasteiger charge is -2.39. The molecule has 19 heavy (non-hydrogen) atoms. The standard InChI is InChI=1S/C16H30N2O/c1-12(2)13-8-4-5-9-14(13)18-15(19)16(3)10-6-7-11-17-16/h12-14,17H,4-11H2,1-3H3,(H,18,19). The fraction of sp³-hybridized carbons (Fsp3) is 0.938. The lowest BCUT2D eigenvalue weighted by Crippen LogP contribution is -2.60. The van der Waals surface area contributed by atoms with E-state index < -0.39 is 0 Å². The summed E-state index contributed by atoms with van der Waals surface area (Å²) in [5, 5.41) is 6.78. The maximum absolute atomic E-state index is 12.6. The number of carbonyl (C=O) groups excluding carboxylic acids is 1. The predicted octanol–water partition coefficient (Wildman–Crippen LogP) is 2.85. The van der Waals surface area contributed by atoms with Gasteiger partial charge in [-0.15, -0.1) is 0 Å². The van der Waals surface area contributed by atoms with Crippen molar-refractivity contribution < 1.29 is 4.79 Å². The fourth-order valence-corrected chi connectivity index (χ4v) is 3.71. The van der Waals surface area contributed by atoms with Crippen molar-refractivity contribution in [1.29, 1.82) is 0 Å². The SMILES string of the molecule is CC(C)C1CCCCC1NC(=O)C1(C)CCCCN1. The van der Waals surface area contributed by atoms with Crippen LogP contribution in [0.25, 0.3) is 0 Å². The number of hydrogen-bond donors (Lipinski definition) is 2. The number of piperidine rings is 1. The molecule has 3 heteroatoms. The first-order valence-corrected chi connectivity index (χ1v) is 8.09. The molecule has 1 aliphatic heterocycles. The summed E-state index contributed by atoms with van der Waals surface area (Å²) in [4.78, 5) is 12.6. The van der Waals surface area contributed by atoms with Crippen molar-refractivity contribution in [1.82, 2.24) is 10.6 Å². The van der Waals surface area contributed by atoms with Gasteiger partial charge in [-0.3, -0.25) is 4.79 Å². The van der Waals surface area contributed by atoms with Crippen LogP contribution in [-0.2, 0) is 4.79 Å². The molecule has 0 aromatic heterocycles. The summed E-state index contributed by atoms with van der Waals surface area (Å²) >= 11 is 0. The molecule has 2 rings (SSSR count). The first kappa shape index (κ1) is 14.8. The highest BCUT2D eigenvalue weighted by Crippen LogP contribution is 2.31. The predicted molar refractivity (Wildman–Crippen MR) is 79.0 cm³/mol. The van der Waals surface area contributed by atoms with Crippen LogP contribution in [0.5, 0.6) is 0 Å². The molecule has 0 spiro atoms. The third kappa shape index (κ3) is 3.50. The van der Waals surface area contributed by atoms with Gasteiger partial charge in [0, 0.05) is 6.04 Å². The van der Waals surface area contributed by atoms with Gasteiger partial charge in [-0.2, -0.15) is 0 Å². The molecule has 0 aromatic carbocycles. The van der Waals surface area contributed by atoms with Gasteiger partial charge in [0.2, 0.25) is 5.91 Å². The minimum absolute atomic E-state index is 0.227. The van der Waals surface area contributed by atoms with E-state index in [9.17, 15) is 4.79 Å². The molecule has 0 radical (unpaired) electrons. The first-order chi connectivity index (χ1) is 9.03. The minimum atomic E-state index is -0.336. The quantitative estimate of drug-likeness (QED) is 0.824. The second-order valence-corrected chi connectivity index (χ2v) is 6.99. The molecule has 3 atom stereocenters. The zero-order valence-electron chi connectivity index (χ0n) is 12.8. The second kappa shape index (κ2) is 6.25. The van der Waals surface area contributed by atoms with Crippen molar-refractivity contribution >= 4 is 5.91 Å². The topological polar surface area (TPSA) is 41.1 Å². The summed E-state index contributed by atoms with van der Waals surface area (Å²) in [6, 6.07) is 0.391. The number of carbonyl (C=O) groups is 1. The van der Waals surface area contributed by atoms with Crippen molar-refractivity contribution in [3.63, 3.8) is 0 Å². The van der Waals surface area contributed by atoms with Crippen LogP contribution in [0, 0.1) is 11.8 Å². The van der Waals surface area contributed by atoms with E-state index in [-0.39, 0.29) is 11.4 Å². The van der Waals surface area contributed by atoms with Gasteiger partial charge in [0.1, 0.15) is 0 Å². The summed E-state index contributed by atoms with van der Waals surface area (Å²) in [5.74, 6) is 1.55. The van der Waals surface area contributed by atoms with Gasteiger partial charge < -0.3 is 10.6 Å². The Hall–Kier alpha value is -0.570. The summed E-state index contributed by atoms with van der Waals surface area (Å²) in [7, 11) is 0. The molecule has 1 aliphatic carbocycles. The number of nitrogens with one attached hydrogen (secondary N) is 2. The maximum Gasteiger partial charge on any atom is 0.240 e. The molecule has 110 valence electrons. The van der Waals surface area contributed by atoms with E-state index in [2.05, 4.69) is 31.4 Å². The average Bonchev–Trinajstić information content (AvgIpc) is 2.40. The first-order valence-electron chi connectivity index (χ1n) is 8.09. The van der Waals surface area contributed by atoms with E-state index in [1.54, 1.807) is 0 Å². The molecular weight excluding hydrogens is 236 g/mol. The van der Waals surface area contributed by atoms with Gasteiger partial charge in [-0.25, -0.2) is 0 Å². The largest absolute Gasteiger partial charge is 0.351 e. The van der Waals surface area contributed by atoms with Gasteiger partial charge in [0.15, 0.2) is 0 Å². The number of rotatable bonds is 3. The van der Waals surface area contributed by atoms with Gasteiger partial charge in [-0.05, 0) is 57.4 Å². The maximum atomic E-state index is 12.6. The smallest absolute Gasteiger partial charge is 0.240 e. The van der Waals surface area contributed by atoms with E-state index in [4.69, 9.17) is 0 Å². The van der Waals surface area contributed by atoms with Crippen molar-refractivity contribution in [3.05, 3.63) is 0 Å². The zero-order chi connectivity index (χ0) is 13.9. The average molecular weight is 266 g/mol. The van der Waals surface area contributed by atoms with Gasteiger partial charge >= 0.3 is 0 Å². The van der Waals surface area contributed by atoms with E-state index in [1.807, 2.05) is 0 Å². The van der Waals surface area contributed by atoms with Crippen LogP contribution in [0.1, 0.15) is 65.7 Å². The highest BCUT2D eigenvalue weighted by molar-refractivity contribution is 5.86. The molecule has 0 aromatic rings. The summed E-state index contributed by atoms with van der Waals surface area (Å²) in [6.45, 7) is 7.61. The Morgan fingerprint density at radius 3 is 2.58 bits per heavy atom. The van der Waals surface area contributed by atoms with Crippen molar-refractivity contribution in [3.8, 4) is 0 Å². The Labute approximate surface area is 117 Å². The normalized spacial score (nSPS) is 36.2. The summed E-state index contributed by atoms with van der Waals surface area (Å²) in [6.07, 6.45) is 8.34. The molecule has 3 unspecified atom stereocenters. The highest BCUT2D eigenvalue weighted by atomic mass is 16.2. The summed E-state index contributed by atoms with van der Waals surface area (Å²) < 4.78 is 0. The highest BCUT2D eigenvalue weighted by Gasteiger charge is 2.37. The van der Waals surface area contributed by atoms with Crippen molar-refractivity contribution in [2.45, 2.75) is 77.3 Å². The van der Waals surface area contributed by atoms with E-state index in [0.29, 0.717) is 17.9 Å². The van der Waals surface area contributed by atoms with Crippen molar-refractivity contribution in [2.75, 3.05) is 6.54 Å². The second-order valence-electron chi connectivity index (χ2n) is 6.99. The van der Waals surface area contributed by atoms with Crippen molar-refractivity contribution in [2.24, 2.45) is 11.8 Å². The molecule has 1 saturated heterocycles. The monoisotopic (exact) mass is 266 g/mol.